The SMILES string of the molecule is Cc1cc(C)n(CCC(=O)N2C[C@@H](C)[C@H](C(=O)O)C2)n1. The van der Waals surface area contributed by atoms with E-state index in [0.717, 1.165) is 11.4 Å². The van der Waals surface area contributed by atoms with Gasteiger partial charge in [-0.25, -0.2) is 0 Å². The normalized spacial score (nSPS) is 22.2. The lowest BCUT2D eigenvalue weighted by Crippen LogP contribution is -2.30. The van der Waals surface area contributed by atoms with Crippen molar-refractivity contribution in [2.24, 2.45) is 11.8 Å². The number of amides is 1. The zero-order valence-electron chi connectivity index (χ0n) is 12.2. The van der Waals surface area contributed by atoms with Gasteiger partial charge in [-0.2, -0.15) is 5.10 Å². The van der Waals surface area contributed by atoms with Crippen LogP contribution in [0.3, 0.4) is 0 Å². The number of aromatic nitrogens is 2. The number of carboxylic acid groups (broad SMARTS) is 1. The lowest BCUT2D eigenvalue weighted by Gasteiger charge is -2.16. The van der Waals surface area contributed by atoms with E-state index in [4.69, 9.17) is 5.11 Å². The molecule has 0 saturated carbocycles. The average Bonchev–Trinajstić information content (AvgIpc) is 2.89. The van der Waals surface area contributed by atoms with Gasteiger partial charge in [-0.15, -0.1) is 0 Å². The second kappa shape index (κ2) is 5.64. The molecule has 2 atom stereocenters. The summed E-state index contributed by atoms with van der Waals surface area (Å²) in [5.74, 6) is -1.22. The van der Waals surface area contributed by atoms with Gasteiger partial charge in [0.05, 0.1) is 11.6 Å². The molecule has 1 aromatic rings. The van der Waals surface area contributed by atoms with Crippen LogP contribution < -0.4 is 0 Å². The summed E-state index contributed by atoms with van der Waals surface area (Å²) in [5.41, 5.74) is 1.98. The zero-order valence-corrected chi connectivity index (χ0v) is 12.2. The van der Waals surface area contributed by atoms with Crippen molar-refractivity contribution in [3.05, 3.63) is 17.5 Å². The molecule has 0 aromatic carbocycles. The molecule has 0 radical (unpaired) electrons. The summed E-state index contributed by atoms with van der Waals surface area (Å²) in [5, 5.41) is 13.4. The summed E-state index contributed by atoms with van der Waals surface area (Å²) in [6, 6.07) is 1.98. The zero-order chi connectivity index (χ0) is 14.9. The van der Waals surface area contributed by atoms with Crippen molar-refractivity contribution in [2.45, 2.75) is 33.7 Å². The maximum atomic E-state index is 12.1. The Morgan fingerprint density at radius 3 is 2.60 bits per heavy atom. The Labute approximate surface area is 118 Å². The maximum absolute atomic E-state index is 12.1. The third-order valence-electron chi connectivity index (χ3n) is 3.92. The van der Waals surface area contributed by atoms with Gasteiger partial charge in [0.1, 0.15) is 0 Å². The van der Waals surface area contributed by atoms with Gasteiger partial charge in [0.25, 0.3) is 0 Å². The van der Waals surface area contributed by atoms with Gasteiger partial charge >= 0.3 is 5.97 Å². The van der Waals surface area contributed by atoms with Crippen molar-refractivity contribution in [3.63, 3.8) is 0 Å². The minimum atomic E-state index is -0.814. The Bertz CT molecular complexity index is 524. The summed E-state index contributed by atoms with van der Waals surface area (Å²) < 4.78 is 1.82. The molecule has 6 heteroatoms. The molecule has 1 amide bonds. The molecule has 1 fully saturated rings. The first-order chi connectivity index (χ1) is 9.38. The first-order valence-electron chi connectivity index (χ1n) is 6.90. The van der Waals surface area contributed by atoms with E-state index in [-0.39, 0.29) is 11.8 Å². The number of carboxylic acids is 1. The van der Waals surface area contributed by atoms with Crippen LogP contribution in [0, 0.1) is 25.7 Å². The summed E-state index contributed by atoms with van der Waals surface area (Å²) in [4.78, 5) is 24.9. The average molecular weight is 279 g/mol. The number of hydrogen-bond donors (Lipinski definition) is 1. The molecular weight excluding hydrogens is 258 g/mol. The van der Waals surface area contributed by atoms with E-state index in [0.29, 0.717) is 26.1 Å². The molecule has 0 unspecified atom stereocenters. The predicted molar refractivity (Wildman–Crippen MR) is 73.2 cm³/mol. The molecule has 0 bridgehead atoms. The highest BCUT2D eigenvalue weighted by molar-refractivity contribution is 5.78. The van der Waals surface area contributed by atoms with Gasteiger partial charge in [-0.05, 0) is 25.8 Å². The molecule has 1 aromatic heterocycles. The van der Waals surface area contributed by atoms with E-state index in [9.17, 15) is 9.59 Å². The maximum Gasteiger partial charge on any atom is 0.308 e. The van der Waals surface area contributed by atoms with E-state index in [1.807, 2.05) is 31.5 Å². The van der Waals surface area contributed by atoms with Crippen LogP contribution in [0.25, 0.3) is 0 Å². The Balaban J connectivity index is 1.90. The lowest BCUT2D eigenvalue weighted by atomic mass is 9.99. The van der Waals surface area contributed by atoms with Crippen molar-refractivity contribution in [3.8, 4) is 0 Å². The second-order valence-electron chi connectivity index (χ2n) is 5.62. The smallest absolute Gasteiger partial charge is 0.308 e. The monoisotopic (exact) mass is 279 g/mol. The predicted octanol–water partition coefficient (Wildman–Crippen LogP) is 1.07. The Morgan fingerprint density at radius 1 is 1.40 bits per heavy atom. The number of aliphatic carboxylic acids is 1. The molecule has 1 aliphatic heterocycles. The topological polar surface area (TPSA) is 75.4 Å². The first-order valence-corrected chi connectivity index (χ1v) is 6.90. The number of rotatable bonds is 4. The number of hydrogen-bond acceptors (Lipinski definition) is 3. The van der Waals surface area contributed by atoms with Crippen molar-refractivity contribution in [2.75, 3.05) is 13.1 Å². The minimum absolute atomic E-state index is 0.00755. The molecule has 110 valence electrons. The van der Waals surface area contributed by atoms with Gasteiger partial charge in [0.2, 0.25) is 5.91 Å². The van der Waals surface area contributed by atoms with Crippen molar-refractivity contribution < 1.29 is 14.7 Å². The molecule has 2 heterocycles. The summed E-state index contributed by atoms with van der Waals surface area (Å²) >= 11 is 0. The van der Waals surface area contributed by atoms with Crippen molar-refractivity contribution in [1.29, 1.82) is 0 Å². The largest absolute Gasteiger partial charge is 0.481 e. The molecule has 0 aliphatic carbocycles. The number of carbonyl (C=O) groups is 2. The fourth-order valence-corrected chi connectivity index (χ4v) is 2.75. The van der Waals surface area contributed by atoms with Crippen LogP contribution in [-0.2, 0) is 16.1 Å². The number of likely N-dealkylation sites (tertiary alicyclic amines) is 1. The summed E-state index contributed by atoms with van der Waals surface area (Å²) in [6.07, 6.45) is 0.362. The highest BCUT2D eigenvalue weighted by Gasteiger charge is 2.36. The summed E-state index contributed by atoms with van der Waals surface area (Å²) in [6.45, 7) is 7.17. The third kappa shape index (κ3) is 3.00. The molecule has 0 spiro atoms. The highest BCUT2D eigenvalue weighted by atomic mass is 16.4. The van der Waals surface area contributed by atoms with Crippen LogP contribution in [0.1, 0.15) is 24.7 Å². The van der Waals surface area contributed by atoms with Crippen LogP contribution in [-0.4, -0.2) is 44.8 Å². The van der Waals surface area contributed by atoms with Gasteiger partial charge in [0, 0.05) is 31.7 Å². The van der Waals surface area contributed by atoms with Crippen LogP contribution in [0.4, 0.5) is 0 Å². The van der Waals surface area contributed by atoms with Gasteiger partial charge in [-0.1, -0.05) is 6.92 Å². The van der Waals surface area contributed by atoms with Gasteiger partial charge in [-0.3, -0.25) is 14.3 Å². The number of aryl methyl sites for hydroxylation is 3. The molecular formula is C14H21N3O3. The fourth-order valence-electron chi connectivity index (χ4n) is 2.75. The second-order valence-corrected chi connectivity index (χ2v) is 5.62. The number of nitrogens with zero attached hydrogens (tertiary/aromatic N) is 3. The third-order valence-corrected chi connectivity index (χ3v) is 3.92. The van der Waals surface area contributed by atoms with E-state index in [1.165, 1.54) is 0 Å². The molecule has 1 N–H and O–H groups in total. The highest BCUT2D eigenvalue weighted by Crippen LogP contribution is 2.23. The first kappa shape index (κ1) is 14.6. The van der Waals surface area contributed by atoms with Crippen LogP contribution >= 0.6 is 0 Å². The molecule has 2 rings (SSSR count). The molecule has 6 nitrogen and oxygen atoms in total. The van der Waals surface area contributed by atoms with Crippen LogP contribution in [0.15, 0.2) is 6.07 Å². The van der Waals surface area contributed by atoms with Crippen molar-refractivity contribution in [1.82, 2.24) is 14.7 Å². The van der Waals surface area contributed by atoms with Crippen LogP contribution in [0.5, 0.6) is 0 Å². The van der Waals surface area contributed by atoms with E-state index in [2.05, 4.69) is 5.10 Å². The van der Waals surface area contributed by atoms with E-state index in [1.54, 1.807) is 4.90 Å². The summed E-state index contributed by atoms with van der Waals surface area (Å²) in [7, 11) is 0. The van der Waals surface area contributed by atoms with Crippen LogP contribution in [0.2, 0.25) is 0 Å². The van der Waals surface area contributed by atoms with Crippen molar-refractivity contribution >= 4 is 11.9 Å². The minimum Gasteiger partial charge on any atom is -0.481 e. The lowest BCUT2D eigenvalue weighted by molar-refractivity contribution is -0.142. The molecule has 1 aliphatic rings. The fraction of sp³-hybridized carbons (Fsp3) is 0.643. The Kier molecular flexibility index (Phi) is 4.11. The van der Waals surface area contributed by atoms with E-state index >= 15 is 0 Å². The Morgan fingerprint density at radius 2 is 2.10 bits per heavy atom. The quantitative estimate of drug-likeness (QED) is 0.894. The van der Waals surface area contributed by atoms with Gasteiger partial charge < -0.3 is 10.0 Å². The molecule has 1 saturated heterocycles. The molecule has 20 heavy (non-hydrogen) atoms. The standard InChI is InChI=1S/C14H21N3O3/c1-9-7-16(8-12(9)14(19)20)13(18)4-5-17-11(3)6-10(2)15-17/h6,9,12H,4-5,7-8H2,1-3H3,(H,19,20)/t9-,12-/m1/s1. The number of carbonyl (C=O) groups excluding carboxylic acids is 1. The van der Waals surface area contributed by atoms with E-state index < -0.39 is 11.9 Å². The van der Waals surface area contributed by atoms with Gasteiger partial charge in [0.15, 0.2) is 0 Å². The Hall–Kier alpha value is -1.85.